The van der Waals surface area contributed by atoms with Crippen LogP contribution in [0.2, 0.25) is 0 Å². The fraction of sp³-hybridized carbons (Fsp3) is 0.0526. The van der Waals surface area contributed by atoms with Gasteiger partial charge in [0.1, 0.15) is 0 Å². The molecule has 4 aromatic rings. The number of anilines is 1. The summed E-state index contributed by atoms with van der Waals surface area (Å²) in [6.07, 6.45) is 9.31. The molecule has 2 N–H and O–H groups in total. The van der Waals surface area contributed by atoms with Gasteiger partial charge < -0.3 is 10.3 Å². The largest absolute Gasteiger partial charge is 0.374 e. The molecule has 0 spiro atoms. The third-order valence-electron chi connectivity index (χ3n) is 3.96. The van der Waals surface area contributed by atoms with Crippen molar-refractivity contribution in [1.29, 1.82) is 0 Å². The molecule has 0 aliphatic carbocycles. The lowest BCUT2D eigenvalue weighted by Crippen LogP contribution is -2.12. The average molecular weight is 300 g/mol. The van der Waals surface area contributed by atoms with Crippen molar-refractivity contribution >= 4 is 16.6 Å². The monoisotopic (exact) mass is 300 g/mol. The van der Waals surface area contributed by atoms with Crippen molar-refractivity contribution in [2.75, 3.05) is 5.32 Å². The van der Waals surface area contributed by atoms with Gasteiger partial charge in [0, 0.05) is 53.1 Å². The van der Waals surface area contributed by atoms with Crippen molar-refractivity contribution in [3.63, 3.8) is 0 Å². The maximum absolute atomic E-state index is 4.13. The number of para-hydroxylation sites is 1. The minimum atomic E-state index is 0.0385. The lowest BCUT2D eigenvalue weighted by molar-refractivity contribution is 0.942. The van der Waals surface area contributed by atoms with Crippen LogP contribution in [0.5, 0.6) is 0 Å². The van der Waals surface area contributed by atoms with Crippen LogP contribution in [0, 0.1) is 0 Å². The summed E-state index contributed by atoms with van der Waals surface area (Å²) in [6, 6.07) is 16.4. The quantitative estimate of drug-likeness (QED) is 0.595. The number of nitrogens with one attached hydrogen (secondary N) is 2. The minimum absolute atomic E-state index is 0.0385. The van der Waals surface area contributed by atoms with E-state index in [1.165, 1.54) is 16.5 Å². The Balaban J connectivity index is 1.82. The Bertz CT molecular complexity index is 900. The minimum Gasteiger partial charge on any atom is -0.374 e. The highest BCUT2D eigenvalue weighted by atomic mass is 14.9. The molecule has 4 heteroatoms. The van der Waals surface area contributed by atoms with Gasteiger partial charge in [-0.1, -0.05) is 18.2 Å². The van der Waals surface area contributed by atoms with Gasteiger partial charge in [0.25, 0.3) is 0 Å². The van der Waals surface area contributed by atoms with E-state index < -0.39 is 0 Å². The predicted molar refractivity (Wildman–Crippen MR) is 92.2 cm³/mol. The third-order valence-corrected chi connectivity index (χ3v) is 3.96. The number of aromatic amines is 1. The van der Waals surface area contributed by atoms with Gasteiger partial charge in [-0.3, -0.25) is 9.97 Å². The molecular formula is C19H16N4. The number of benzene rings is 1. The summed E-state index contributed by atoms with van der Waals surface area (Å²) >= 11 is 0. The molecule has 1 aromatic carbocycles. The molecule has 0 saturated heterocycles. The summed E-state index contributed by atoms with van der Waals surface area (Å²) in [6.45, 7) is 0. The van der Waals surface area contributed by atoms with E-state index in [4.69, 9.17) is 0 Å². The number of hydrogen-bond acceptors (Lipinski definition) is 3. The molecule has 0 bridgehead atoms. The lowest BCUT2D eigenvalue weighted by atomic mass is 9.98. The first-order valence-corrected chi connectivity index (χ1v) is 7.54. The van der Waals surface area contributed by atoms with Gasteiger partial charge in [0.05, 0.1) is 6.04 Å². The van der Waals surface area contributed by atoms with Gasteiger partial charge in [-0.05, 0) is 35.9 Å². The van der Waals surface area contributed by atoms with Crippen molar-refractivity contribution < 1.29 is 0 Å². The molecule has 0 saturated carbocycles. The zero-order chi connectivity index (χ0) is 15.5. The third kappa shape index (κ3) is 2.66. The van der Waals surface area contributed by atoms with E-state index in [0.717, 1.165) is 11.2 Å². The van der Waals surface area contributed by atoms with Crippen molar-refractivity contribution in [2.45, 2.75) is 6.04 Å². The topological polar surface area (TPSA) is 53.6 Å². The molecule has 0 radical (unpaired) electrons. The first-order chi connectivity index (χ1) is 11.4. The second kappa shape index (κ2) is 5.93. The highest BCUT2D eigenvalue weighted by molar-refractivity contribution is 5.84. The Hall–Kier alpha value is -3.14. The lowest BCUT2D eigenvalue weighted by Gasteiger charge is -2.20. The molecule has 3 heterocycles. The second-order valence-electron chi connectivity index (χ2n) is 5.38. The maximum atomic E-state index is 4.13. The molecule has 1 atom stereocenters. The van der Waals surface area contributed by atoms with E-state index in [-0.39, 0.29) is 6.04 Å². The molecule has 0 amide bonds. The summed E-state index contributed by atoms with van der Waals surface area (Å²) in [4.78, 5) is 11.6. The molecule has 4 rings (SSSR count). The van der Waals surface area contributed by atoms with E-state index >= 15 is 0 Å². The zero-order valence-corrected chi connectivity index (χ0v) is 12.5. The molecule has 112 valence electrons. The van der Waals surface area contributed by atoms with Crippen LogP contribution >= 0.6 is 0 Å². The van der Waals surface area contributed by atoms with Crippen LogP contribution in [0.25, 0.3) is 10.9 Å². The average Bonchev–Trinajstić information content (AvgIpc) is 3.05. The van der Waals surface area contributed by atoms with Crippen LogP contribution in [0.15, 0.2) is 79.5 Å². The van der Waals surface area contributed by atoms with E-state index in [2.05, 4.69) is 44.7 Å². The van der Waals surface area contributed by atoms with Crippen molar-refractivity contribution in [3.8, 4) is 0 Å². The Morgan fingerprint density at radius 2 is 1.52 bits per heavy atom. The van der Waals surface area contributed by atoms with E-state index in [9.17, 15) is 0 Å². The molecular weight excluding hydrogens is 284 g/mol. The molecule has 23 heavy (non-hydrogen) atoms. The predicted octanol–water partition coefficient (Wildman–Crippen LogP) is 4.16. The van der Waals surface area contributed by atoms with Crippen molar-refractivity contribution in [2.24, 2.45) is 0 Å². The van der Waals surface area contributed by atoms with E-state index in [1.807, 2.05) is 42.7 Å². The summed E-state index contributed by atoms with van der Waals surface area (Å²) in [5, 5.41) is 4.82. The Morgan fingerprint density at radius 1 is 0.826 bits per heavy atom. The molecule has 0 aliphatic heterocycles. The maximum Gasteiger partial charge on any atom is 0.0789 e. The summed E-state index contributed by atoms with van der Waals surface area (Å²) in [5.74, 6) is 0. The summed E-state index contributed by atoms with van der Waals surface area (Å²) in [7, 11) is 0. The van der Waals surface area contributed by atoms with Crippen molar-refractivity contribution in [1.82, 2.24) is 15.0 Å². The highest BCUT2D eigenvalue weighted by Crippen LogP contribution is 2.31. The van der Waals surface area contributed by atoms with Crippen LogP contribution in [0.4, 0.5) is 5.69 Å². The fourth-order valence-corrected chi connectivity index (χ4v) is 2.84. The normalized spacial score (nSPS) is 12.2. The Morgan fingerprint density at radius 3 is 2.30 bits per heavy atom. The van der Waals surface area contributed by atoms with Gasteiger partial charge >= 0.3 is 0 Å². The van der Waals surface area contributed by atoms with Gasteiger partial charge in [-0.25, -0.2) is 0 Å². The number of rotatable bonds is 4. The number of pyridine rings is 2. The zero-order valence-electron chi connectivity index (χ0n) is 12.5. The van der Waals surface area contributed by atoms with Crippen LogP contribution in [-0.4, -0.2) is 15.0 Å². The smallest absolute Gasteiger partial charge is 0.0789 e. The number of aromatic nitrogens is 3. The van der Waals surface area contributed by atoms with Crippen molar-refractivity contribution in [3.05, 3.63) is 90.6 Å². The number of fused-ring (bicyclic) bond motifs is 1. The van der Waals surface area contributed by atoms with Gasteiger partial charge in [0.15, 0.2) is 0 Å². The fourth-order valence-electron chi connectivity index (χ4n) is 2.84. The van der Waals surface area contributed by atoms with E-state index in [0.29, 0.717) is 0 Å². The van der Waals surface area contributed by atoms with Crippen LogP contribution in [-0.2, 0) is 0 Å². The van der Waals surface area contributed by atoms with Crippen LogP contribution in [0.1, 0.15) is 17.2 Å². The summed E-state index contributed by atoms with van der Waals surface area (Å²) in [5.41, 5.74) is 4.55. The molecule has 4 nitrogen and oxygen atoms in total. The second-order valence-corrected chi connectivity index (χ2v) is 5.38. The molecule has 1 unspecified atom stereocenters. The molecule has 0 aliphatic rings. The number of H-pyrrole nitrogens is 1. The standard InChI is InChI=1S/C19H16N4/c1-2-4-18-16(3-1)17(13-22-18)19(14-5-9-20-10-6-14)23-15-7-11-21-12-8-15/h1-13,19,22H,(H,21,23). The first kappa shape index (κ1) is 13.5. The Kier molecular flexibility index (Phi) is 3.48. The number of nitrogens with zero attached hydrogens (tertiary/aromatic N) is 2. The summed E-state index contributed by atoms with van der Waals surface area (Å²) < 4.78 is 0. The molecule has 0 fully saturated rings. The SMILES string of the molecule is c1ccc2c(C(Nc3ccncc3)c3ccncc3)c[nH]c2c1. The molecule has 3 aromatic heterocycles. The number of hydrogen-bond donors (Lipinski definition) is 2. The first-order valence-electron chi connectivity index (χ1n) is 7.54. The van der Waals surface area contributed by atoms with Crippen LogP contribution in [0.3, 0.4) is 0 Å². The Labute approximate surface area is 134 Å². The van der Waals surface area contributed by atoms with Crippen LogP contribution < -0.4 is 5.32 Å². The van der Waals surface area contributed by atoms with E-state index in [1.54, 1.807) is 12.4 Å². The van der Waals surface area contributed by atoms with Gasteiger partial charge in [0.2, 0.25) is 0 Å². The van der Waals surface area contributed by atoms with Gasteiger partial charge in [-0.15, -0.1) is 0 Å². The highest BCUT2D eigenvalue weighted by Gasteiger charge is 2.17. The van der Waals surface area contributed by atoms with Gasteiger partial charge in [-0.2, -0.15) is 0 Å².